The van der Waals surface area contributed by atoms with Crippen molar-refractivity contribution in [1.29, 1.82) is 0 Å². The van der Waals surface area contributed by atoms with E-state index in [-0.39, 0.29) is 17.9 Å². The Balaban J connectivity index is 1.13. The van der Waals surface area contributed by atoms with Gasteiger partial charge in [0.15, 0.2) is 0 Å². The van der Waals surface area contributed by atoms with Gasteiger partial charge in [-0.2, -0.15) is 0 Å². The highest BCUT2D eigenvalue weighted by molar-refractivity contribution is 7.17. The van der Waals surface area contributed by atoms with Gasteiger partial charge in [-0.15, -0.1) is 11.3 Å². The number of carbonyl (C=O) groups is 2. The van der Waals surface area contributed by atoms with E-state index >= 15 is 0 Å². The first kappa shape index (κ1) is 23.0. The third-order valence-electron chi connectivity index (χ3n) is 7.89. The van der Waals surface area contributed by atoms with Crippen LogP contribution in [0.5, 0.6) is 5.88 Å². The lowest BCUT2D eigenvalue weighted by atomic mass is 9.49. The van der Waals surface area contributed by atoms with Crippen LogP contribution in [0, 0.1) is 11.3 Å². The zero-order valence-electron chi connectivity index (χ0n) is 20.5. The van der Waals surface area contributed by atoms with E-state index in [4.69, 9.17) is 4.74 Å². The fraction of sp³-hybridized carbons (Fsp3) is 0.345. The van der Waals surface area contributed by atoms with Gasteiger partial charge in [0.05, 0.1) is 28.6 Å². The molecule has 0 aliphatic heterocycles. The first-order valence-electron chi connectivity index (χ1n) is 12.4. The molecule has 1 spiro atoms. The van der Waals surface area contributed by atoms with E-state index in [1.54, 1.807) is 25.4 Å². The van der Waals surface area contributed by atoms with Crippen LogP contribution in [0.15, 0.2) is 60.1 Å². The molecule has 1 N–H and O–H groups in total. The lowest BCUT2D eigenvalue weighted by Gasteiger charge is -2.57. The number of nitrogens with one attached hydrogen (secondary N) is 1. The Morgan fingerprint density at radius 1 is 1.11 bits per heavy atom. The van der Waals surface area contributed by atoms with Crippen LogP contribution in [0.1, 0.15) is 48.5 Å². The number of fused-ring (bicyclic) bond motifs is 1. The number of rotatable bonds is 7. The topological polar surface area (TPSA) is 73.2 Å². The van der Waals surface area contributed by atoms with Crippen molar-refractivity contribution in [1.82, 2.24) is 14.9 Å². The predicted octanol–water partition coefficient (Wildman–Crippen LogP) is 5.70. The minimum atomic E-state index is 0.00272. The summed E-state index contributed by atoms with van der Waals surface area (Å²) in [5, 5.41) is 5.22. The van der Waals surface area contributed by atoms with Gasteiger partial charge in [-0.3, -0.25) is 9.59 Å². The van der Waals surface area contributed by atoms with Gasteiger partial charge in [0, 0.05) is 41.7 Å². The van der Waals surface area contributed by atoms with Gasteiger partial charge in [0.25, 0.3) is 5.91 Å². The third kappa shape index (κ3) is 4.11. The number of thiophene rings is 1. The maximum Gasteiger partial charge on any atom is 0.254 e. The number of benzene rings is 1. The zero-order valence-corrected chi connectivity index (χ0v) is 21.3. The summed E-state index contributed by atoms with van der Waals surface area (Å²) >= 11 is 1.61. The highest BCUT2D eigenvalue weighted by atomic mass is 32.1. The standard InChI is InChI=1S/C29H29N3O3S/c1-18(33)21-12-29(13-21)14-22(15-29)30-28(34)23-17-36-25-10-11-32(27(23)25)16-19-6-8-20(9-7-19)24-4-3-5-26(31-24)35-2/h3-11,17,21-22H,12-16H2,1-2H3,(H,30,34). The molecule has 3 heterocycles. The molecule has 184 valence electrons. The number of ether oxygens (including phenoxy) is 1. The molecule has 2 saturated carbocycles. The average molecular weight is 500 g/mol. The molecule has 2 aliphatic carbocycles. The maximum atomic E-state index is 13.2. The number of carbonyl (C=O) groups excluding carboxylic acids is 2. The Bertz CT molecular complexity index is 1440. The fourth-order valence-corrected chi connectivity index (χ4v) is 6.87. The number of ketones is 1. The van der Waals surface area contributed by atoms with Crippen molar-refractivity contribution in [3.05, 3.63) is 71.2 Å². The summed E-state index contributed by atoms with van der Waals surface area (Å²) in [6.45, 7) is 2.38. The Morgan fingerprint density at radius 2 is 1.89 bits per heavy atom. The normalized spacial score (nSPS) is 22.7. The molecule has 4 aromatic rings. The van der Waals surface area contributed by atoms with Crippen LogP contribution in [0.25, 0.3) is 21.5 Å². The number of methoxy groups -OCH3 is 1. The zero-order chi connectivity index (χ0) is 24.9. The van der Waals surface area contributed by atoms with Crippen LogP contribution >= 0.6 is 11.3 Å². The van der Waals surface area contributed by atoms with E-state index in [0.717, 1.165) is 58.3 Å². The second-order valence-electron chi connectivity index (χ2n) is 10.4. The van der Waals surface area contributed by atoms with Crippen molar-refractivity contribution in [2.24, 2.45) is 11.3 Å². The van der Waals surface area contributed by atoms with Crippen molar-refractivity contribution in [3.8, 4) is 17.1 Å². The van der Waals surface area contributed by atoms with Crippen LogP contribution in [-0.4, -0.2) is 34.4 Å². The summed E-state index contributed by atoms with van der Waals surface area (Å²) in [7, 11) is 1.62. The molecule has 0 atom stereocenters. The minimum absolute atomic E-state index is 0.00272. The number of aromatic nitrogens is 2. The SMILES string of the molecule is COc1cccc(-c2ccc(Cn3ccc4scc(C(=O)NC5CC6(C5)CC(C(C)=O)C6)c43)cc2)n1. The Labute approximate surface area is 214 Å². The smallest absolute Gasteiger partial charge is 0.254 e. The Hall–Kier alpha value is -3.45. The molecule has 1 amide bonds. The average Bonchev–Trinajstić information content (AvgIpc) is 3.43. The Kier molecular flexibility index (Phi) is 5.67. The molecule has 7 heteroatoms. The van der Waals surface area contributed by atoms with Gasteiger partial charge in [-0.25, -0.2) is 4.98 Å². The van der Waals surface area contributed by atoms with Crippen molar-refractivity contribution in [2.75, 3.05) is 7.11 Å². The molecule has 6 rings (SSSR count). The van der Waals surface area contributed by atoms with Crippen molar-refractivity contribution >= 4 is 33.2 Å². The highest BCUT2D eigenvalue weighted by Crippen LogP contribution is 2.58. The number of hydrogen-bond donors (Lipinski definition) is 1. The van der Waals surface area contributed by atoms with Crippen molar-refractivity contribution < 1.29 is 14.3 Å². The largest absolute Gasteiger partial charge is 0.481 e. The van der Waals surface area contributed by atoms with E-state index in [1.165, 1.54) is 0 Å². The molecule has 0 unspecified atom stereocenters. The number of pyridine rings is 1. The highest BCUT2D eigenvalue weighted by Gasteiger charge is 2.54. The number of Topliss-reactive ketones (excluding diaryl/α,β-unsaturated/α-hetero) is 1. The number of hydrogen-bond acceptors (Lipinski definition) is 5. The van der Waals surface area contributed by atoms with Crippen molar-refractivity contribution in [2.45, 2.75) is 45.2 Å². The fourth-order valence-electron chi connectivity index (χ4n) is 5.93. The van der Waals surface area contributed by atoms with Crippen molar-refractivity contribution in [3.63, 3.8) is 0 Å². The van der Waals surface area contributed by atoms with Crippen LogP contribution in [0.3, 0.4) is 0 Å². The predicted molar refractivity (Wildman–Crippen MR) is 141 cm³/mol. The summed E-state index contributed by atoms with van der Waals surface area (Å²) in [5.41, 5.74) is 5.09. The quantitative estimate of drug-likeness (QED) is 0.354. The monoisotopic (exact) mass is 499 g/mol. The lowest BCUT2D eigenvalue weighted by molar-refractivity contribution is -0.134. The van der Waals surface area contributed by atoms with Crippen LogP contribution in [0.4, 0.5) is 0 Å². The van der Waals surface area contributed by atoms with E-state index in [9.17, 15) is 9.59 Å². The first-order valence-corrected chi connectivity index (χ1v) is 13.3. The molecule has 2 fully saturated rings. The molecule has 36 heavy (non-hydrogen) atoms. The molecule has 1 aromatic carbocycles. The molecule has 0 radical (unpaired) electrons. The summed E-state index contributed by atoms with van der Waals surface area (Å²) < 4.78 is 8.52. The lowest BCUT2D eigenvalue weighted by Crippen LogP contribution is -2.57. The van der Waals surface area contributed by atoms with Gasteiger partial charge in [-0.1, -0.05) is 30.3 Å². The van der Waals surface area contributed by atoms with Gasteiger partial charge in [0.2, 0.25) is 5.88 Å². The van der Waals surface area contributed by atoms with E-state index in [0.29, 0.717) is 23.6 Å². The van der Waals surface area contributed by atoms with Gasteiger partial charge in [-0.05, 0) is 55.7 Å². The minimum Gasteiger partial charge on any atom is -0.481 e. The molecule has 0 saturated heterocycles. The molecule has 0 bridgehead atoms. The van der Waals surface area contributed by atoms with Gasteiger partial charge in [0.1, 0.15) is 5.78 Å². The van der Waals surface area contributed by atoms with Crippen LogP contribution in [0.2, 0.25) is 0 Å². The maximum absolute atomic E-state index is 13.2. The van der Waals surface area contributed by atoms with E-state index in [2.05, 4.69) is 51.4 Å². The second-order valence-corrected chi connectivity index (χ2v) is 11.3. The van der Waals surface area contributed by atoms with Crippen LogP contribution in [-0.2, 0) is 11.3 Å². The summed E-state index contributed by atoms with van der Waals surface area (Å²) in [6, 6.07) is 16.4. The summed E-state index contributed by atoms with van der Waals surface area (Å²) in [6.07, 6.45) is 6.03. The molecular weight excluding hydrogens is 470 g/mol. The summed E-state index contributed by atoms with van der Waals surface area (Å²) in [4.78, 5) is 29.2. The Morgan fingerprint density at radius 3 is 2.61 bits per heavy atom. The second kappa shape index (κ2) is 8.89. The molecule has 3 aromatic heterocycles. The van der Waals surface area contributed by atoms with E-state index in [1.807, 2.05) is 23.6 Å². The number of amides is 1. The van der Waals surface area contributed by atoms with E-state index < -0.39 is 0 Å². The van der Waals surface area contributed by atoms with Gasteiger partial charge >= 0.3 is 0 Å². The molecule has 6 nitrogen and oxygen atoms in total. The molecule has 2 aliphatic rings. The molecular formula is C29H29N3O3S. The first-order chi connectivity index (χ1) is 17.4. The number of nitrogens with zero attached hydrogens (tertiary/aromatic N) is 2. The van der Waals surface area contributed by atoms with Crippen LogP contribution < -0.4 is 10.1 Å². The van der Waals surface area contributed by atoms with Gasteiger partial charge < -0.3 is 14.6 Å². The third-order valence-corrected chi connectivity index (χ3v) is 8.83. The summed E-state index contributed by atoms with van der Waals surface area (Å²) in [5.74, 6) is 1.14.